The summed E-state index contributed by atoms with van der Waals surface area (Å²) in [5.41, 5.74) is 2.19. The molecule has 1 fully saturated rings. The van der Waals surface area contributed by atoms with Crippen LogP contribution in [0.3, 0.4) is 0 Å². The number of piperidine rings is 1. The molecule has 37 heavy (non-hydrogen) atoms. The summed E-state index contributed by atoms with van der Waals surface area (Å²) in [5, 5.41) is 8.54. The van der Waals surface area contributed by atoms with Gasteiger partial charge in [-0.1, -0.05) is 36.9 Å². The van der Waals surface area contributed by atoms with Crippen molar-refractivity contribution < 1.29 is 4.74 Å². The molecule has 9 heteroatoms. The Kier molecular flexibility index (Phi) is 7.36. The van der Waals surface area contributed by atoms with E-state index in [0.29, 0.717) is 17.5 Å². The maximum atomic E-state index is 6.30. The number of hydrogen-bond donors (Lipinski definition) is 1. The van der Waals surface area contributed by atoms with Crippen LogP contribution >= 0.6 is 34.4 Å². The quantitative estimate of drug-likeness (QED) is 0.212. The third kappa shape index (κ3) is 5.65. The Bertz CT molecular complexity index is 1480. The first-order valence-electron chi connectivity index (χ1n) is 12.4. The summed E-state index contributed by atoms with van der Waals surface area (Å²) >= 11 is 5.00. The lowest BCUT2D eigenvalue weighted by molar-refractivity contribution is 0.221. The Morgan fingerprint density at radius 3 is 2.78 bits per heavy atom. The molecule has 0 aliphatic carbocycles. The molecule has 0 atom stereocenters. The topological polar surface area (TPSA) is 63.2 Å². The Morgan fingerprint density at radius 2 is 1.95 bits per heavy atom. The normalized spacial score (nSPS) is 14.7. The molecule has 1 saturated heterocycles. The van der Waals surface area contributed by atoms with Gasteiger partial charge in [-0.25, -0.2) is 9.97 Å². The van der Waals surface area contributed by atoms with E-state index in [1.807, 2.05) is 48.8 Å². The molecule has 0 bridgehead atoms. The van der Waals surface area contributed by atoms with Gasteiger partial charge in [0, 0.05) is 39.5 Å². The van der Waals surface area contributed by atoms with Crippen LogP contribution in [0.5, 0.6) is 11.5 Å². The van der Waals surface area contributed by atoms with Crippen LogP contribution in [0.4, 0.5) is 10.9 Å². The number of fused-ring (bicyclic) bond motifs is 1. The second-order valence-corrected chi connectivity index (χ2v) is 11.8. The minimum Gasteiger partial charge on any atom is -0.453 e. The van der Waals surface area contributed by atoms with Crippen LogP contribution in [-0.2, 0) is 0 Å². The van der Waals surface area contributed by atoms with Gasteiger partial charge >= 0.3 is 0 Å². The maximum absolute atomic E-state index is 6.30. The number of ether oxygens (including phenoxy) is 1. The summed E-state index contributed by atoms with van der Waals surface area (Å²) in [6.45, 7) is 5.65. The van der Waals surface area contributed by atoms with Gasteiger partial charge < -0.3 is 15.0 Å². The third-order valence-corrected chi connectivity index (χ3v) is 9.40. The average molecular weight is 546 g/mol. The Labute approximate surface area is 228 Å². The first-order chi connectivity index (χ1) is 18.2. The largest absolute Gasteiger partial charge is 0.453 e. The number of nitrogens with zero attached hydrogens (tertiary/aromatic N) is 4. The lowest BCUT2D eigenvalue weighted by Gasteiger charge is -2.30. The van der Waals surface area contributed by atoms with Gasteiger partial charge in [-0.3, -0.25) is 4.98 Å². The van der Waals surface area contributed by atoms with E-state index in [1.165, 1.54) is 10.4 Å². The number of likely N-dealkylation sites (tertiary alicyclic amines) is 1. The Morgan fingerprint density at radius 1 is 1.08 bits per heavy atom. The van der Waals surface area contributed by atoms with Crippen LogP contribution in [-0.4, -0.2) is 39.5 Å². The molecule has 1 aliphatic rings. The zero-order valence-corrected chi connectivity index (χ0v) is 22.9. The van der Waals surface area contributed by atoms with Crippen molar-refractivity contribution >= 4 is 55.6 Å². The van der Waals surface area contributed by atoms with Crippen molar-refractivity contribution in [3.05, 3.63) is 77.4 Å². The van der Waals surface area contributed by atoms with Gasteiger partial charge in [0.2, 0.25) is 0 Å². The number of anilines is 2. The second kappa shape index (κ2) is 11.2. The minimum atomic E-state index is 0.524. The molecule has 5 heterocycles. The van der Waals surface area contributed by atoms with Crippen molar-refractivity contribution in [2.75, 3.05) is 25.0 Å². The molecular formula is C28H27N5OS3. The number of benzene rings is 1. The second-order valence-electron chi connectivity index (χ2n) is 8.89. The summed E-state index contributed by atoms with van der Waals surface area (Å²) in [6, 6.07) is 16.0. The van der Waals surface area contributed by atoms with Crippen LogP contribution in [0.15, 0.2) is 81.5 Å². The molecule has 0 saturated carbocycles. The molecule has 0 amide bonds. The number of hydrogen-bond acceptors (Lipinski definition) is 9. The van der Waals surface area contributed by atoms with Gasteiger partial charge in [0.05, 0.1) is 15.9 Å². The highest BCUT2D eigenvalue weighted by Crippen LogP contribution is 2.40. The molecular weight excluding hydrogens is 519 g/mol. The fourth-order valence-corrected chi connectivity index (χ4v) is 7.17. The van der Waals surface area contributed by atoms with Crippen molar-refractivity contribution in [3.63, 3.8) is 0 Å². The number of para-hydroxylation sites is 1. The SMILES string of the molecule is CCN1CCC(c2csc(Nc3ncc(Sc4ccnc5ccsc45)cc3Oc3ccccc3)n2)CC1. The zero-order chi connectivity index (χ0) is 25.0. The van der Waals surface area contributed by atoms with E-state index in [0.717, 1.165) is 58.7 Å². The van der Waals surface area contributed by atoms with Crippen LogP contribution in [0, 0.1) is 0 Å². The highest BCUT2D eigenvalue weighted by Gasteiger charge is 2.22. The fourth-order valence-electron chi connectivity index (χ4n) is 4.50. The lowest BCUT2D eigenvalue weighted by atomic mass is 9.94. The van der Waals surface area contributed by atoms with Crippen molar-refractivity contribution in [1.82, 2.24) is 19.9 Å². The van der Waals surface area contributed by atoms with Gasteiger partial charge in [-0.2, -0.15) is 0 Å². The molecule has 1 aromatic carbocycles. The number of pyridine rings is 2. The maximum Gasteiger partial charge on any atom is 0.188 e. The van der Waals surface area contributed by atoms with E-state index >= 15 is 0 Å². The van der Waals surface area contributed by atoms with E-state index < -0.39 is 0 Å². The monoisotopic (exact) mass is 545 g/mol. The van der Waals surface area contributed by atoms with Crippen LogP contribution < -0.4 is 10.1 Å². The Hall–Kier alpha value is -2.98. The number of aromatic nitrogens is 3. The summed E-state index contributed by atoms with van der Waals surface area (Å²) in [5.74, 6) is 2.61. The lowest BCUT2D eigenvalue weighted by Crippen LogP contribution is -2.32. The number of thiazole rings is 1. The molecule has 1 N–H and O–H groups in total. The van der Waals surface area contributed by atoms with Crippen LogP contribution in [0.25, 0.3) is 10.2 Å². The third-order valence-electron chi connectivity index (χ3n) is 6.53. The van der Waals surface area contributed by atoms with Gasteiger partial charge in [0.15, 0.2) is 16.7 Å². The summed E-state index contributed by atoms with van der Waals surface area (Å²) in [7, 11) is 0. The van der Waals surface area contributed by atoms with Crippen molar-refractivity contribution in [2.45, 2.75) is 35.5 Å². The van der Waals surface area contributed by atoms with Gasteiger partial charge in [-0.05, 0) is 62.1 Å². The summed E-state index contributed by atoms with van der Waals surface area (Å²) in [6.07, 6.45) is 6.07. The standard InChI is InChI=1S/C28H27N5OS3/c1-2-33-13-9-19(10-14-33)23-18-36-28(31-23)32-27-24(34-20-6-4-3-5-7-20)16-21(17-30-27)37-25-8-12-29-22-11-15-35-26(22)25/h3-8,11-12,15-19H,2,9-10,13-14H2,1H3,(H,30,31,32). The van der Waals surface area contributed by atoms with E-state index in [9.17, 15) is 0 Å². The van der Waals surface area contributed by atoms with E-state index in [1.54, 1.807) is 34.4 Å². The number of nitrogens with one attached hydrogen (secondary N) is 1. The highest BCUT2D eigenvalue weighted by molar-refractivity contribution is 7.99. The van der Waals surface area contributed by atoms with Crippen LogP contribution in [0.2, 0.25) is 0 Å². The van der Waals surface area contributed by atoms with Gasteiger partial charge in [0.25, 0.3) is 0 Å². The first-order valence-corrected chi connectivity index (χ1v) is 15.0. The molecule has 5 aromatic rings. The first kappa shape index (κ1) is 24.4. The van der Waals surface area contributed by atoms with E-state index in [2.05, 4.69) is 45.0 Å². The van der Waals surface area contributed by atoms with Crippen molar-refractivity contribution in [2.24, 2.45) is 0 Å². The van der Waals surface area contributed by atoms with Crippen molar-refractivity contribution in [1.29, 1.82) is 0 Å². The summed E-state index contributed by atoms with van der Waals surface area (Å²) < 4.78 is 7.48. The predicted octanol–water partition coefficient (Wildman–Crippen LogP) is 8.03. The number of rotatable bonds is 8. The summed E-state index contributed by atoms with van der Waals surface area (Å²) in [4.78, 5) is 18.8. The Balaban J connectivity index is 1.25. The molecule has 1 aliphatic heterocycles. The average Bonchev–Trinajstić information content (AvgIpc) is 3.61. The molecule has 6 nitrogen and oxygen atoms in total. The highest BCUT2D eigenvalue weighted by atomic mass is 32.2. The predicted molar refractivity (Wildman–Crippen MR) is 154 cm³/mol. The fraction of sp³-hybridized carbons (Fsp3) is 0.250. The zero-order valence-electron chi connectivity index (χ0n) is 20.5. The number of thiophene rings is 1. The minimum absolute atomic E-state index is 0.524. The molecule has 4 aromatic heterocycles. The smallest absolute Gasteiger partial charge is 0.188 e. The molecule has 6 rings (SSSR count). The van der Waals surface area contributed by atoms with E-state index in [-0.39, 0.29) is 0 Å². The molecule has 0 radical (unpaired) electrons. The molecule has 0 unspecified atom stereocenters. The van der Waals surface area contributed by atoms with Crippen molar-refractivity contribution in [3.8, 4) is 11.5 Å². The molecule has 188 valence electrons. The van der Waals surface area contributed by atoms with Crippen LogP contribution in [0.1, 0.15) is 31.4 Å². The van der Waals surface area contributed by atoms with E-state index in [4.69, 9.17) is 14.7 Å². The molecule has 0 spiro atoms. The van der Waals surface area contributed by atoms with Gasteiger partial charge in [-0.15, -0.1) is 22.7 Å². The van der Waals surface area contributed by atoms with Gasteiger partial charge in [0.1, 0.15) is 5.75 Å².